The number of hydrogen-bond donors (Lipinski definition) is 1. The number of fused-ring (bicyclic) bond motifs is 1. The maximum atomic E-state index is 12.2. The third kappa shape index (κ3) is 3.05. The molecule has 0 unspecified atom stereocenters. The molecule has 3 aromatic rings. The van der Waals surface area contributed by atoms with Gasteiger partial charge in [-0.2, -0.15) is 0 Å². The van der Waals surface area contributed by atoms with Crippen molar-refractivity contribution in [2.75, 3.05) is 44.3 Å². The number of ether oxygens (including phenoxy) is 2. The first-order chi connectivity index (χ1) is 13.7. The minimum absolute atomic E-state index is 0.100. The molecule has 3 aromatic heterocycles. The van der Waals surface area contributed by atoms with E-state index in [1.165, 1.54) is 0 Å². The number of amides is 1. The van der Waals surface area contributed by atoms with Crippen molar-refractivity contribution in [1.29, 1.82) is 0 Å². The van der Waals surface area contributed by atoms with Gasteiger partial charge in [-0.25, -0.2) is 9.78 Å². The molecule has 1 amide bonds. The third-order valence-corrected chi connectivity index (χ3v) is 5.02. The summed E-state index contributed by atoms with van der Waals surface area (Å²) in [6.45, 7) is 5.40. The van der Waals surface area contributed by atoms with E-state index in [0.717, 1.165) is 35.5 Å². The van der Waals surface area contributed by atoms with Crippen LogP contribution in [0.2, 0.25) is 0 Å². The molecular weight excluding hydrogens is 364 g/mol. The number of aryl methyl sites for hydroxylation is 1. The van der Waals surface area contributed by atoms with Crippen molar-refractivity contribution >= 4 is 22.8 Å². The Morgan fingerprint density at radius 2 is 2.07 bits per heavy atom. The topological polar surface area (TPSA) is 110 Å². The van der Waals surface area contributed by atoms with E-state index in [2.05, 4.69) is 25.1 Å². The first-order valence-electron chi connectivity index (χ1n) is 9.24. The summed E-state index contributed by atoms with van der Waals surface area (Å²) in [5.74, 6) is 0.951. The quantitative estimate of drug-likeness (QED) is 0.725. The number of anilines is 1. The van der Waals surface area contributed by atoms with Crippen molar-refractivity contribution in [1.82, 2.24) is 25.1 Å². The molecule has 5 heterocycles. The van der Waals surface area contributed by atoms with Gasteiger partial charge in [-0.1, -0.05) is 0 Å². The van der Waals surface area contributed by atoms with Crippen molar-refractivity contribution in [2.24, 2.45) is 0 Å². The summed E-state index contributed by atoms with van der Waals surface area (Å²) in [4.78, 5) is 23.9. The molecule has 2 aliphatic heterocycles. The van der Waals surface area contributed by atoms with Crippen molar-refractivity contribution in [3.05, 3.63) is 24.2 Å². The number of H-pyrrole nitrogens is 1. The number of piperazine rings is 1. The summed E-state index contributed by atoms with van der Waals surface area (Å²) < 4.78 is 16.0. The van der Waals surface area contributed by atoms with Gasteiger partial charge in [-0.05, 0) is 12.1 Å². The van der Waals surface area contributed by atoms with E-state index in [-0.39, 0.29) is 12.2 Å². The number of aromatic amines is 1. The molecule has 1 N–H and O–H groups in total. The normalized spacial score (nSPS) is 17.8. The molecule has 0 saturated carbocycles. The molecule has 2 aliphatic rings. The van der Waals surface area contributed by atoms with Crippen LogP contribution in [0.25, 0.3) is 22.6 Å². The van der Waals surface area contributed by atoms with Gasteiger partial charge in [0.1, 0.15) is 11.3 Å². The van der Waals surface area contributed by atoms with Crippen LogP contribution in [0.15, 0.2) is 22.7 Å². The van der Waals surface area contributed by atoms with Crippen molar-refractivity contribution < 1.29 is 18.7 Å². The zero-order valence-electron chi connectivity index (χ0n) is 15.4. The zero-order chi connectivity index (χ0) is 19.1. The lowest BCUT2D eigenvalue weighted by Gasteiger charge is -2.37. The predicted octanol–water partition coefficient (Wildman–Crippen LogP) is 1.58. The van der Waals surface area contributed by atoms with Crippen LogP contribution in [0.4, 0.5) is 10.5 Å². The maximum Gasteiger partial charge on any atom is 0.410 e. The van der Waals surface area contributed by atoms with Gasteiger partial charge >= 0.3 is 6.09 Å². The Morgan fingerprint density at radius 1 is 1.25 bits per heavy atom. The van der Waals surface area contributed by atoms with Crippen LogP contribution in [-0.4, -0.2) is 76.7 Å². The molecule has 0 atom stereocenters. The fourth-order valence-electron chi connectivity index (χ4n) is 3.44. The average Bonchev–Trinajstić information content (AvgIpc) is 3.30. The van der Waals surface area contributed by atoms with E-state index < -0.39 is 0 Å². The lowest BCUT2D eigenvalue weighted by Crippen LogP contribution is -2.51. The summed E-state index contributed by atoms with van der Waals surface area (Å²) in [5.41, 5.74) is 2.56. The highest BCUT2D eigenvalue weighted by Gasteiger charge is 2.28. The summed E-state index contributed by atoms with van der Waals surface area (Å²) in [6.07, 6.45) is 1.41. The first kappa shape index (κ1) is 17.0. The Bertz CT molecular complexity index is 1000. The fraction of sp³-hybridized carbons (Fsp3) is 0.444. The van der Waals surface area contributed by atoms with Gasteiger partial charge in [0.15, 0.2) is 6.10 Å². The van der Waals surface area contributed by atoms with Gasteiger partial charge in [0.25, 0.3) is 5.89 Å². The SMILES string of the molecule is Cc1nnc(-c2cc3c(N4CCN(C(=O)OC5COC5)CC4)ccnc3[nH]2)o1. The van der Waals surface area contributed by atoms with Gasteiger partial charge in [0.05, 0.1) is 13.2 Å². The summed E-state index contributed by atoms with van der Waals surface area (Å²) in [7, 11) is 0. The molecule has 0 spiro atoms. The van der Waals surface area contributed by atoms with Gasteiger partial charge in [-0.3, -0.25) is 0 Å². The summed E-state index contributed by atoms with van der Waals surface area (Å²) in [6, 6.07) is 3.96. The highest BCUT2D eigenvalue weighted by atomic mass is 16.6. The number of pyridine rings is 1. The second-order valence-electron chi connectivity index (χ2n) is 6.92. The molecule has 146 valence electrons. The predicted molar refractivity (Wildman–Crippen MR) is 99.0 cm³/mol. The molecule has 10 nitrogen and oxygen atoms in total. The number of nitrogens with zero attached hydrogens (tertiary/aromatic N) is 5. The molecule has 10 heteroatoms. The highest BCUT2D eigenvalue weighted by molar-refractivity contribution is 5.93. The molecule has 2 saturated heterocycles. The largest absolute Gasteiger partial charge is 0.441 e. The van der Waals surface area contributed by atoms with E-state index in [9.17, 15) is 4.79 Å². The van der Waals surface area contributed by atoms with E-state index >= 15 is 0 Å². The van der Waals surface area contributed by atoms with Crippen molar-refractivity contribution in [3.8, 4) is 11.6 Å². The standard InChI is InChI=1S/C18H20N6O4/c1-11-21-22-17(27-11)14-8-13-15(2-3-19-16(13)20-14)23-4-6-24(7-5-23)18(25)28-12-9-26-10-12/h2-3,8,12H,4-7,9-10H2,1H3,(H,19,20). The number of nitrogens with one attached hydrogen (secondary N) is 1. The second-order valence-corrected chi connectivity index (χ2v) is 6.92. The molecule has 5 rings (SSSR count). The van der Waals surface area contributed by atoms with Crippen molar-refractivity contribution in [3.63, 3.8) is 0 Å². The molecule has 2 fully saturated rings. The highest BCUT2D eigenvalue weighted by Crippen LogP contribution is 2.30. The Labute approximate surface area is 160 Å². The fourth-order valence-corrected chi connectivity index (χ4v) is 3.44. The van der Waals surface area contributed by atoms with Crippen LogP contribution < -0.4 is 4.90 Å². The van der Waals surface area contributed by atoms with Gasteiger partial charge in [-0.15, -0.1) is 10.2 Å². The van der Waals surface area contributed by atoms with Crippen LogP contribution >= 0.6 is 0 Å². The van der Waals surface area contributed by atoms with Gasteiger partial charge < -0.3 is 28.7 Å². The van der Waals surface area contributed by atoms with E-state index in [4.69, 9.17) is 13.9 Å². The van der Waals surface area contributed by atoms with Crippen LogP contribution in [0.1, 0.15) is 5.89 Å². The summed E-state index contributed by atoms with van der Waals surface area (Å²) >= 11 is 0. The minimum Gasteiger partial charge on any atom is -0.441 e. The molecule has 0 aromatic carbocycles. The number of carbonyl (C=O) groups excluding carboxylic acids is 1. The van der Waals surface area contributed by atoms with Gasteiger partial charge in [0.2, 0.25) is 5.89 Å². The first-order valence-corrected chi connectivity index (χ1v) is 9.24. The average molecular weight is 384 g/mol. The molecule has 28 heavy (non-hydrogen) atoms. The Balaban J connectivity index is 1.32. The van der Waals surface area contributed by atoms with E-state index in [0.29, 0.717) is 38.1 Å². The summed E-state index contributed by atoms with van der Waals surface area (Å²) in [5, 5.41) is 8.92. The van der Waals surface area contributed by atoms with Crippen molar-refractivity contribution in [2.45, 2.75) is 13.0 Å². The Hall–Kier alpha value is -3.14. The lowest BCUT2D eigenvalue weighted by molar-refractivity contribution is -0.104. The molecule has 0 aliphatic carbocycles. The smallest absolute Gasteiger partial charge is 0.410 e. The molecule has 0 bridgehead atoms. The van der Waals surface area contributed by atoms with Gasteiger partial charge in [0, 0.05) is 50.4 Å². The van der Waals surface area contributed by atoms with E-state index in [1.807, 2.05) is 12.1 Å². The second kappa shape index (κ2) is 6.79. The third-order valence-electron chi connectivity index (χ3n) is 5.02. The zero-order valence-corrected chi connectivity index (χ0v) is 15.4. The Kier molecular flexibility index (Phi) is 4.12. The Morgan fingerprint density at radius 3 is 2.75 bits per heavy atom. The molecular formula is C18H20N6O4. The lowest BCUT2D eigenvalue weighted by atomic mass is 10.2. The van der Waals surface area contributed by atoms with Crippen LogP contribution in [0.3, 0.4) is 0 Å². The maximum absolute atomic E-state index is 12.2. The number of hydrogen-bond acceptors (Lipinski definition) is 8. The van der Waals surface area contributed by atoms with Crippen LogP contribution in [-0.2, 0) is 9.47 Å². The van der Waals surface area contributed by atoms with Crippen LogP contribution in [0.5, 0.6) is 0 Å². The number of rotatable bonds is 3. The number of carbonyl (C=O) groups is 1. The monoisotopic (exact) mass is 384 g/mol. The van der Waals surface area contributed by atoms with Crippen LogP contribution in [0, 0.1) is 6.92 Å². The minimum atomic E-state index is -0.261. The number of aromatic nitrogens is 4. The molecule has 0 radical (unpaired) electrons. The van der Waals surface area contributed by atoms with E-state index in [1.54, 1.807) is 18.0 Å².